The topological polar surface area (TPSA) is 205 Å². The van der Waals surface area contributed by atoms with Gasteiger partial charge in [0.15, 0.2) is 0 Å². The molecule has 0 radical (unpaired) electrons. The molecule has 1 aromatic heterocycles. The van der Waals surface area contributed by atoms with Gasteiger partial charge in [-0.15, -0.1) is 0 Å². The monoisotopic (exact) mass is 559 g/mol. The number of rotatable bonds is 6. The summed E-state index contributed by atoms with van der Waals surface area (Å²) in [6.07, 6.45) is -0.868. The number of carboxylic acid groups (broad SMARTS) is 1. The number of nitrogens with two attached hydrogens (primary N) is 1. The number of urea groups is 1. The van der Waals surface area contributed by atoms with Crippen molar-refractivity contribution in [1.82, 2.24) is 20.9 Å². The van der Waals surface area contributed by atoms with E-state index in [2.05, 4.69) is 20.9 Å². The first-order valence-corrected chi connectivity index (χ1v) is 13.0. The van der Waals surface area contributed by atoms with Crippen LogP contribution in [0.3, 0.4) is 0 Å². The van der Waals surface area contributed by atoms with Crippen LogP contribution in [0.4, 0.5) is 10.6 Å². The summed E-state index contributed by atoms with van der Waals surface area (Å²) in [4.78, 5) is 42.1. The number of carbonyl (C=O) groups excluding carboxylic acids is 2. The summed E-state index contributed by atoms with van der Waals surface area (Å²) in [5.74, 6) is -1.09. The van der Waals surface area contributed by atoms with Gasteiger partial charge in [-0.1, -0.05) is 32.0 Å². The van der Waals surface area contributed by atoms with Gasteiger partial charge in [0.2, 0.25) is 5.91 Å². The van der Waals surface area contributed by atoms with Gasteiger partial charge in [-0.3, -0.25) is 4.79 Å². The van der Waals surface area contributed by atoms with Gasteiger partial charge in [0.1, 0.15) is 42.5 Å². The van der Waals surface area contributed by atoms with Gasteiger partial charge in [-0.2, -0.15) is 0 Å². The van der Waals surface area contributed by atoms with E-state index in [9.17, 15) is 29.7 Å². The van der Waals surface area contributed by atoms with E-state index in [0.29, 0.717) is 16.9 Å². The molecule has 13 heteroatoms. The largest absolute Gasteiger partial charge is 0.491 e. The van der Waals surface area contributed by atoms with Gasteiger partial charge in [-0.25, -0.2) is 14.6 Å². The molecule has 13 nitrogen and oxygen atoms in total. The number of benzene rings is 1. The molecule has 218 valence electrons. The zero-order valence-electron chi connectivity index (χ0n) is 22.4. The van der Waals surface area contributed by atoms with Gasteiger partial charge in [-0.05, 0) is 35.2 Å². The Kier molecular flexibility index (Phi) is 11.1. The van der Waals surface area contributed by atoms with Crippen LogP contribution in [0.5, 0.6) is 5.75 Å². The third-order valence-electron chi connectivity index (χ3n) is 6.46. The average molecular weight is 560 g/mol. The van der Waals surface area contributed by atoms with Crippen molar-refractivity contribution in [3.05, 3.63) is 53.7 Å². The van der Waals surface area contributed by atoms with Crippen LogP contribution in [-0.4, -0.2) is 88.4 Å². The second-order valence-corrected chi connectivity index (χ2v) is 10.0. The number of nitrogens with zero attached hydrogens (tertiary/aromatic N) is 1. The SMILES string of the molecule is CC(C)C1COCC(O)C(O)COc2ccc(cc2)CC(NC(=O)NC(Cc2ccc(N)nc2)C(=O)O)C(=O)N1. The number of aliphatic hydroxyl groups excluding tert-OH is 2. The molecular formula is C27H37N5O8. The third-order valence-corrected chi connectivity index (χ3v) is 6.46. The number of fused-ring (bicyclic) bond motifs is 13. The number of anilines is 1. The average Bonchev–Trinajstić information content (AvgIpc) is 2.91. The Morgan fingerprint density at radius 3 is 2.42 bits per heavy atom. The second-order valence-electron chi connectivity index (χ2n) is 10.0. The lowest BCUT2D eigenvalue weighted by Crippen LogP contribution is -2.56. The van der Waals surface area contributed by atoms with Crippen LogP contribution in [0.15, 0.2) is 42.6 Å². The molecule has 0 saturated heterocycles. The molecule has 8 N–H and O–H groups in total. The number of hydrogen-bond donors (Lipinski definition) is 7. The maximum absolute atomic E-state index is 13.4. The molecule has 3 amide bonds. The number of ether oxygens (including phenoxy) is 2. The summed E-state index contributed by atoms with van der Waals surface area (Å²) < 4.78 is 11.1. The first-order chi connectivity index (χ1) is 19.0. The van der Waals surface area contributed by atoms with E-state index in [1.165, 1.54) is 12.3 Å². The van der Waals surface area contributed by atoms with Crippen LogP contribution in [0.1, 0.15) is 25.0 Å². The molecule has 0 fully saturated rings. The molecule has 4 rings (SSSR count). The van der Waals surface area contributed by atoms with Crippen molar-refractivity contribution in [3.8, 4) is 5.75 Å². The Balaban J connectivity index is 1.78. The highest BCUT2D eigenvalue weighted by Gasteiger charge is 2.28. The molecular weight excluding hydrogens is 522 g/mol. The fraction of sp³-hybridized carbons (Fsp3) is 0.481. The molecule has 2 aromatic rings. The van der Waals surface area contributed by atoms with E-state index in [1.807, 2.05) is 13.8 Å². The van der Waals surface area contributed by atoms with Crippen molar-refractivity contribution in [1.29, 1.82) is 0 Å². The van der Waals surface area contributed by atoms with Crippen LogP contribution in [0, 0.1) is 5.92 Å². The van der Waals surface area contributed by atoms with Gasteiger partial charge in [0.25, 0.3) is 0 Å². The number of aliphatic hydroxyl groups is 2. The predicted molar refractivity (Wildman–Crippen MR) is 144 cm³/mol. The minimum Gasteiger partial charge on any atom is -0.491 e. The smallest absolute Gasteiger partial charge is 0.326 e. The maximum Gasteiger partial charge on any atom is 0.326 e. The summed E-state index contributed by atoms with van der Waals surface area (Å²) in [7, 11) is 0. The number of nitrogens with one attached hydrogen (secondary N) is 3. The lowest BCUT2D eigenvalue weighted by molar-refractivity contribution is -0.139. The standard InChI is InChI=1S/C27H37N5O8/c1-15(2)21-12-39-13-22(33)23(34)14-40-18-6-3-16(4-7-18)9-19(25(35)30-21)31-27(38)32-20(26(36)37)10-17-5-8-24(28)29-11-17/h3-8,11,15,19-23,33-34H,9-10,12-14H2,1-2H3,(H2,28,29)(H,30,35)(H,36,37)(H2,31,32,38). The summed E-state index contributed by atoms with van der Waals surface area (Å²) >= 11 is 0. The predicted octanol–water partition coefficient (Wildman–Crippen LogP) is -0.158. The lowest BCUT2D eigenvalue weighted by atomic mass is 10.0. The molecule has 0 spiro atoms. The number of pyridine rings is 1. The van der Waals surface area contributed by atoms with Crippen LogP contribution in [0.2, 0.25) is 0 Å². The van der Waals surface area contributed by atoms with Crippen molar-refractivity contribution in [3.63, 3.8) is 0 Å². The first-order valence-electron chi connectivity index (χ1n) is 13.0. The number of aliphatic carboxylic acids is 1. The van der Waals surface area contributed by atoms with Gasteiger partial charge < -0.3 is 46.5 Å². The molecule has 0 saturated carbocycles. The molecule has 0 aliphatic carbocycles. The molecule has 5 unspecified atom stereocenters. The van der Waals surface area contributed by atoms with E-state index >= 15 is 0 Å². The third kappa shape index (κ3) is 9.36. The number of aromatic nitrogens is 1. The van der Waals surface area contributed by atoms with Gasteiger partial charge >= 0.3 is 12.0 Å². The van der Waals surface area contributed by atoms with Crippen molar-refractivity contribution >= 4 is 23.7 Å². The Morgan fingerprint density at radius 2 is 1.80 bits per heavy atom. The highest BCUT2D eigenvalue weighted by molar-refractivity contribution is 5.89. The molecule has 2 aliphatic heterocycles. The minimum absolute atomic E-state index is 0.0400. The zero-order valence-corrected chi connectivity index (χ0v) is 22.4. The van der Waals surface area contributed by atoms with Gasteiger partial charge in [0, 0.05) is 19.0 Å². The fourth-order valence-corrected chi connectivity index (χ4v) is 3.92. The summed E-state index contributed by atoms with van der Waals surface area (Å²) in [5, 5.41) is 37.9. The number of carbonyl (C=O) groups is 3. The van der Waals surface area contributed by atoms with E-state index < -0.39 is 48.2 Å². The Hall–Kier alpha value is -3.94. The molecule has 2 bridgehead atoms. The number of carboxylic acids is 1. The zero-order chi connectivity index (χ0) is 29.2. The Morgan fingerprint density at radius 1 is 1.10 bits per heavy atom. The molecule has 3 heterocycles. The number of nitrogen functional groups attached to an aromatic ring is 1. The maximum atomic E-state index is 13.4. The quantitative estimate of drug-likeness (QED) is 0.249. The van der Waals surface area contributed by atoms with Crippen molar-refractivity contribution in [2.75, 3.05) is 25.6 Å². The van der Waals surface area contributed by atoms with Crippen LogP contribution < -0.4 is 26.4 Å². The van der Waals surface area contributed by atoms with E-state index in [-0.39, 0.29) is 44.4 Å². The Bertz CT molecular complexity index is 1130. The summed E-state index contributed by atoms with van der Waals surface area (Å²) in [6.45, 7) is 3.49. The molecule has 40 heavy (non-hydrogen) atoms. The van der Waals surface area contributed by atoms with Crippen LogP contribution in [0.25, 0.3) is 0 Å². The van der Waals surface area contributed by atoms with E-state index in [4.69, 9.17) is 15.2 Å². The number of amides is 3. The number of hydrogen-bond acceptors (Lipinski definition) is 9. The Labute approximate surface area is 232 Å². The van der Waals surface area contributed by atoms with Gasteiger partial charge in [0.05, 0.1) is 19.3 Å². The van der Waals surface area contributed by atoms with E-state index in [0.717, 1.165) is 0 Å². The van der Waals surface area contributed by atoms with Crippen LogP contribution >= 0.6 is 0 Å². The fourth-order valence-electron chi connectivity index (χ4n) is 3.92. The second kappa shape index (κ2) is 14.4. The highest BCUT2D eigenvalue weighted by atomic mass is 16.5. The molecule has 1 aromatic carbocycles. The first kappa shape index (κ1) is 30.6. The van der Waals surface area contributed by atoms with E-state index in [1.54, 1.807) is 30.3 Å². The van der Waals surface area contributed by atoms with Crippen molar-refractivity contribution in [2.24, 2.45) is 5.92 Å². The van der Waals surface area contributed by atoms with Crippen LogP contribution in [-0.2, 0) is 27.2 Å². The minimum atomic E-state index is -1.28. The summed E-state index contributed by atoms with van der Waals surface area (Å²) in [5.41, 5.74) is 6.84. The lowest BCUT2D eigenvalue weighted by Gasteiger charge is -2.27. The molecule has 5 atom stereocenters. The molecule has 2 aliphatic rings. The highest BCUT2D eigenvalue weighted by Crippen LogP contribution is 2.16. The van der Waals surface area contributed by atoms with Crippen molar-refractivity contribution in [2.45, 2.75) is 57.0 Å². The van der Waals surface area contributed by atoms with Crippen molar-refractivity contribution < 1.29 is 39.2 Å². The normalized spacial score (nSPS) is 23.1. The summed E-state index contributed by atoms with van der Waals surface area (Å²) in [6, 6.07) is 6.21.